The van der Waals surface area contributed by atoms with Gasteiger partial charge in [0.15, 0.2) is 23.1 Å². The Morgan fingerprint density at radius 2 is 1.84 bits per heavy atom. The Bertz CT molecular complexity index is 1680. The predicted octanol–water partition coefficient (Wildman–Crippen LogP) is 2.01. The lowest BCUT2D eigenvalue weighted by molar-refractivity contribution is -0.00193. The smallest absolute Gasteiger partial charge is 0.338 e. The average molecular weight is 524 g/mol. The summed E-state index contributed by atoms with van der Waals surface area (Å²) in [6.07, 6.45) is 5.46. The number of hydrogen-bond donors (Lipinski definition) is 1. The molecule has 4 aromatic rings. The molecule has 0 spiro atoms. The zero-order chi connectivity index (χ0) is 26.3. The van der Waals surface area contributed by atoms with Gasteiger partial charge in [-0.05, 0) is 29.8 Å². The van der Waals surface area contributed by atoms with Crippen molar-refractivity contribution >= 4 is 17.4 Å². The van der Waals surface area contributed by atoms with E-state index in [0.29, 0.717) is 0 Å². The summed E-state index contributed by atoms with van der Waals surface area (Å²) >= 11 is 6.02. The molecule has 4 heterocycles. The van der Waals surface area contributed by atoms with Gasteiger partial charge in [0.05, 0.1) is 41.6 Å². The predicted molar refractivity (Wildman–Crippen MR) is 128 cm³/mol. The first-order valence-corrected chi connectivity index (χ1v) is 11.2. The molecule has 1 aliphatic rings. The summed E-state index contributed by atoms with van der Waals surface area (Å²) in [6.45, 7) is -0.767. The molecule has 0 radical (unpaired) electrons. The molecule has 3 aromatic heterocycles. The number of aromatic nitrogens is 5. The Kier molecular flexibility index (Phi) is 6.02. The Labute approximate surface area is 212 Å². The van der Waals surface area contributed by atoms with Crippen LogP contribution in [-0.4, -0.2) is 42.3 Å². The van der Waals surface area contributed by atoms with Crippen molar-refractivity contribution in [3.05, 3.63) is 98.4 Å². The number of halogens is 3. The number of hydrogen-bond acceptors (Lipinski definition) is 8. The topological polar surface area (TPSA) is 130 Å². The number of benzene rings is 1. The second-order valence-corrected chi connectivity index (χ2v) is 8.75. The highest BCUT2D eigenvalue weighted by Crippen LogP contribution is 2.37. The van der Waals surface area contributed by atoms with Gasteiger partial charge in [0, 0.05) is 18.6 Å². The van der Waals surface area contributed by atoms with Crippen molar-refractivity contribution < 1.29 is 13.9 Å². The summed E-state index contributed by atoms with van der Waals surface area (Å²) < 4.78 is 29.8. The number of nitriles is 1. The second-order valence-electron chi connectivity index (χ2n) is 8.32. The normalized spacial score (nSPS) is 14.2. The summed E-state index contributed by atoms with van der Waals surface area (Å²) in [5.74, 6) is -2.26. The maximum absolute atomic E-state index is 14.3. The van der Waals surface area contributed by atoms with Crippen LogP contribution in [-0.2, 0) is 12.1 Å². The number of aliphatic hydroxyl groups is 1. The Hall–Kier alpha value is -4.47. The fourth-order valence-electron chi connectivity index (χ4n) is 4.25. The maximum Gasteiger partial charge on any atom is 0.338 e. The molecule has 0 atom stereocenters. The van der Waals surface area contributed by atoms with Crippen LogP contribution in [0, 0.1) is 23.0 Å². The minimum absolute atomic E-state index is 0.0161. The zero-order valence-electron chi connectivity index (χ0n) is 18.8. The Morgan fingerprint density at radius 1 is 1.11 bits per heavy atom. The third-order valence-corrected chi connectivity index (χ3v) is 6.10. The number of β-amino-alcohol motifs (C(OH)–C–C–N with tert-alkyl or cyclic N) is 1. The van der Waals surface area contributed by atoms with Gasteiger partial charge in [-0.25, -0.2) is 28.1 Å². The summed E-state index contributed by atoms with van der Waals surface area (Å²) in [7, 11) is 0. The van der Waals surface area contributed by atoms with Gasteiger partial charge in [-0.1, -0.05) is 17.7 Å². The quantitative estimate of drug-likeness (QED) is 0.420. The van der Waals surface area contributed by atoms with E-state index >= 15 is 0 Å². The summed E-state index contributed by atoms with van der Waals surface area (Å²) in [6, 6.07) is 7.66. The third-order valence-electron chi connectivity index (χ3n) is 5.89. The average Bonchev–Trinajstić information content (AvgIpc) is 2.86. The van der Waals surface area contributed by atoms with Gasteiger partial charge < -0.3 is 10.0 Å². The minimum atomic E-state index is -1.51. The van der Waals surface area contributed by atoms with Crippen molar-refractivity contribution in [2.24, 2.45) is 0 Å². The van der Waals surface area contributed by atoms with E-state index in [1.54, 1.807) is 6.07 Å². The van der Waals surface area contributed by atoms with Gasteiger partial charge in [0.2, 0.25) is 0 Å². The lowest BCUT2D eigenvalue weighted by atomic mass is 9.92. The van der Waals surface area contributed by atoms with Crippen molar-refractivity contribution in [3.63, 3.8) is 0 Å². The van der Waals surface area contributed by atoms with Crippen LogP contribution in [0.25, 0.3) is 16.8 Å². The van der Waals surface area contributed by atoms with E-state index in [2.05, 4.69) is 15.0 Å². The lowest BCUT2D eigenvalue weighted by Crippen LogP contribution is -2.62. The van der Waals surface area contributed by atoms with E-state index in [1.165, 1.54) is 41.8 Å². The number of anilines is 1. The van der Waals surface area contributed by atoms with Crippen LogP contribution in [0.1, 0.15) is 5.82 Å². The highest BCUT2D eigenvalue weighted by Gasteiger charge is 2.47. The fourth-order valence-corrected chi connectivity index (χ4v) is 4.42. The highest BCUT2D eigenvalue weighted by molar-refractivity contribution is 6.30. The first-order chi connectivity index (χ1) is 17.7. The number of rotatable bonds is 5. The highest BCUT2D eigenvalue weighted by atomic mass is 35.5. The van der Waals surface area contributed by atoms with Crippen molar-refractivity contribution in [3.8, 4) is 22.9 Å². The molecule has 0 saturated carbocycles. The molecule has 1 N–H and O–H groups in total. The lowest BCUT2D eigenvalue weighted by Gasteiger charge is -2.47. The van der Waals surface area contributed by atoms with E-state index in [9.17, 15) is 28.7 Å². The van der Waals surface area contributed by atoms with Crippen molar-refractivity contribution in [1.82, 2.24) is 24.1 Å². The summed E-state index contributed by atoms with van der Waals surface area (Å²) in [4.78, 5) is 40.9. The van der Waals surface area contributed by atoms with E-state index < -0.39 is 35.0 Å². The molecule has 1 aliphatic heterocycles. The molecule has 0 bridgehead atoms. The molecule has 10 nitrogen and oxygen atoms in total. The third kappa shape index (κ3) is 4.14. The zero-order valence-corrected chi connectivity index (χ0v) is 19.6. The SMILES string of the molecule is N#CCn1c(N2CC(O)(c3ncccn3)C2)c(-c2ccc(F)c(F)c2)c(=O)n(-c2cncc(Cl)c2)c1=O. The number of nitrogens with zero attached hydrogens (tertiary/aromatic N) is 7. The van der Waals surface area contributed by atoms with Crippen molar-refractivity contribution in [2.45, 2.75) is 12.1 Å². The van der Waals surface area contributed by atoms with Crippen LogP contribution in [0.4, 0.5) is 14.6 Å². The van der Waals surface area contributed by atoms with E-state index in [0.717, 1.165) is 21.3 Å². The maximum atomic E-state index is 14.3. The van der Waals surface area contributed by atoms with E-state index in [1.807, 2.05) is 6.07 Å². The molecule has 0 unspecified atom stereocenters. The van der Waals surface area contributed by atoms with Crippen LogP contribution in [0.3, 0.4) is 0 Å². The van der Waals surface area contributed by atoms with Crippen LogP contribution in [0.15, 0.2) is 64.7 Å². The van der Waals surface area contributed by atoms with Crippen LogP contribution >= 0.6 is 11.6 Å². The second kappa shape index (κ2) is 9.20. The van der Waals surface area contributed by atoms with Gasteiger partial charge >= 0.3 is 5.69 Å². The van der Waals surface area contributed by atoms with Crippen LogP contribution in [0.5, 0.6) is 0 Å². The van der Waals surface area contributed by atoms with Crippen molar-refractivity contribution in [1.29, 1.82) is 5.26 Å². The molecular formula is C24H16ClF2N7O3. The molecular weight excluding hydrogens is 508 g/mol. The largest absolute Gasteiger partial charge is 0.378 e. The molecule has 186 valence electrons. The molecule has 0 amide bonds. The molecule has 1 saturated heterocycles. The first kappa shape index (κ1) is 24.2. The number of pyridine rings is 1. The first-order valence-electron chi connectivity index (χ1n) is 10.8. The van der Waals surface area contributed by atoms with E-state index in [-0.39, 0.29) is 46.6 Å². The summed E-state index contributed by atoms with van der Waals surface area (Å²) in [5.41, 5.74) is -3.49. The van der Waals surface area contributed by atoms with Crippen LogP contribution in [0.2, 0.25) is 5.02 Å². The van der Waals surface area contributed by atoms with Crippen molar-refractivity contribution in [2.75, 3.05) is 18.0 Å². The van der Waals surface area contributed by atoms with Gasteiger partial charge in [-0.15, -0.1) is 0 Å². The standard InChI is InChI=1S/C24H16ClF2N7O3/c25-15-9-16(11-29-10-15)34-21(35)19(14-2-3-17(26)18(27)8-14)20(33(7-4-28)23(34)36)32-12-24(37,13-32)22-30-5-1-6-31-22/h1-3,5-6,8-11,37H,7,12-13H2. The minimum Gasteiger partial charge on any atom is -0.378 e. The Balaban J connectivity index is 1.78. The molecule has 0 aliphatic carbocycles. The monoisotopic (exact) mass is 523 g/mol. The summed E-state index contributed by atoms with van der Waals surface area (Å²) in [5, 5.41) is 20.7. The fraction of sp³-hybridized carbons (Fsp3) is 0.167. The van der Waals surface area contributed by atoms with Gasteiger partial charge in [0.1, 0.15) is 12.4 Å². The molecule has 13 heteroatoms. The molecule has 37 heavy (non-hydrogen) atoms. The Morgan fingerprint density at radius 3 is 2.49 bits per heavy atom. The van der Waals surface area contributed by atoms with Gasteiger partial charge in [-0.3, -0.25) is 14.3 Å². The van der Waals surface area contributed by atoms with Gasteiger partial charge in [0.25, 0.3) is 5.56 Å². The van der Waals surface area contributed by atoms with Gasteiger partial charge in [-0.2, -0.15) is 5.26 Å². The molecule has 1 aromatic carbocycles. The molecule has 5 rings (SSSR count). The van der Waals surface area contributed by atoms with E-state index in [4.69, 9.17) is 11.6 Å². The van der Waals surface area contributed by atoms with Crippen LogP contribution < -0.4 is 16.1 Å². The molecule has 1 fully saturated rings.